The minimum atomic E-state index is -0.312. The summed E-state index contributed by atoms with van der Waals surface area (Å²) in [5.41, 5.74) is 3.50. The summed E-state index contributed by atoms with van der Waals surface area (Å²) in [6.07, 6.45) is 0.937. The summed E-state index contributed by atoms with van der Waals surface area (Å²) < 4.78 is 15.3. The van der Waals surface area contributed by atoms with Gasteiger partial charge in [0.05, 0.1) is 5.75 Å². The standard InChI is InChI=1S/C24H20FN3OS/c1-2-17-8-10-18(11-9-17)22(29)16-30-24-27-26-23(19-6-4-3-5-7-19)28(24)21-14-12-20(25)13-15-21/h3-15H,2,16H2,1H3. The Kier molecular flexibility index (Phi) is 6.05. The maximum absolute atomic E-state index is 13.5. The van der Waals surface area contributed by atoms with Gasteiger partial charge >= 0.3 is 0 Å². The molecule has 0 saturated carbocycles. The zero-order chi connectivity index (χ0) is 20.9. The van der Waals surface area contributed by atoms with Gasteiger partial charge in [0.25, 0.3) is 0 Å². The first kappa shape index (κ1) is 20.0. The van der Waals surface area contributed by atoms with Crippen molar-refractivity contribution in [3.8, 4) is 17.1 Å². The first-order valence-electron chi connectivity index (χ1n) is 9.67. The van der Waals surface area contributed by atoms with Crippen LogP contribution >= 0.6 is 11.8 Å². The number of benzene rings is 3. The summed E-state index contributed by atoms with van der Waals surface area (Å²) >= 11 is 1.32. The number of rotatable bonds is 7. The average molecular weight is 418 g/mol. The Hall–Kier alpha value is -3.25. The molecule has 6 heteroatoms. The lowest BCUT2D eigenvalue weighted by Gasteiger charge is -2.10. The van der Waals surface area contributed by atoms with Gasteiger partial charge in [-0.25, -0.2) is 4.39 Å². The molecule has 150 valence electrons. The number of ketones is 1. The molecule has 0 fully saturated rings. The largest absolute Gasteiger partial charge is 0.293 e. The monoisotopic (exact) mass is 417 g/mol. The number of hydrogen-bond donors (Lipinski definition) is 0. The summed E-state index contributed by atoms with van der Waals surface area (Å²) in [7, 11) is 0. The van der Waals surface area contributed by atoms with Gasteiger partial charge in [0.15, 0.2) is 16.8 Å². The van der Waals surface area contributed by atoms with Crippen LogP contribution in [0.3, 0.4) is 0 Å². The number of thioether (sulfide) groups is 1. The van der Waals surface area contributed by atoms with Crippen LogP contribution in [0.4, 0.5) is 4.39 Å². The van der Waals surface area contributed by atoms with Gasteiger partial charge in [0, 0.05) is 16.8 Å². The van der Waals surface area contributed by atoms with Gasteiger partial charge in [-0.05, 0) is 36.2 Å². The minimum absolute atomic E-state index is 0.0255. The Labute approximate surface area is 178 Å². The second-order valence-electron chi connectivity index (χ2n) is 6.75. The van der Waals surface area contributed by atoms with E-state index in [0.717, 1.165) is 17.7 Å². The molecule has 4 aromatic rings. The molecule has 4 rings (SSSR count). The molecule has 0 aliphatic carbocycles. The van der Waals surface area contributed by atoms with Crippen molar-refractivity contribution in [1.82, 2.24) is 14.8 Å². The van der Waals surface area contributed by atoms with Gasteiger partial charge in [-0.2, -0.15) is 0 Å². The van der Waals surface area contributed by atoms with Crippen molar-refractivity contribution in [2.75, 3.05) is 5.75 Å². The van der Waals surface area contributed by atoms with Crippen LogP contribution in [0.1, 0.15) is 22.8 Å². The highest BCUT2D eigenvalue weighted by Crippen LogP contribution is 2.28. The van der Waals surface area contributed by atoms with E-state index in [1.54, 1.807) is 12.1 Å². The summed E-state index contributed by atoms with van der Waals surface area (Å²) in [6.45, 7) is 2.08. The number of aromatic nitrogens is 3. The Morgan fingerprint density at radius 1 is 0.933 bits per heavy atom. The number of hydrogen-bond acceptors (Lipinski definition) is 4. The van der Waals surface area contributed by atoms with E-state index in [0.29, 0.717) is 16.5 Å². The molecule has 3 aromatic carbocycles. The Morgan fingerprint density at radius 2 is 1.63 bits per heavy atom. The maximum Gasteiger partial charge on any atom is 0.196 e. The lowest BCUT2D eigenvalue weighted by atomic mass is 10.1. The van der Waals surface area contributed by atoms with Crippen molar-refractivity contribution in [3.63, 3.8) is 0 Å². The number of carbonyl (C=O) groups excluding carboxylic acids is 1. The SMILES string of the molecule is CCc1ccc(C(=O)CSc2nnc(-c3ccccc3)n2-c2ccc(F)cc2)cc1. The number of aryl methyl sites for hydroxylation is 1. The molecule has 0 saturated heterocycles. The molecule has 30 heavy (non-hydrogen) atoms. The zero-order valence-corrected chi connectivity index (χ0v) is 17.3. The molecule has 0 N–H and O–H groups in total. The van der Waals surface area contributed by atoms with E-state index in [1.807, 2.05) is 59.2 Å². The molecular formula is C24H20FN3OS. The van der Waals surface area contributed by atoms with Gasteiger partial charge < -0.3 is 0 Å². The molecule has 0 aliphatic heterocycles. The van der Waals surface area contributed by atoms with Crippen molar-refractivity contribution in [2.45, 2.75) is 18.5 Å². The molecule has 0 radical (unpaired) electrons. The van der Waals surface area contributed by atoms with Crippen LogP contribution in [-0.2, 0) is 6.42 Å². The molecule has 1 aromatic heterocycles. The van der Waals surface area contributed by atoms with Crippen molar-refractivity contribution in [1.29, 1.82) is 0 Å². The third-order valence-electron chi connectivity index (χ3n) is 4.77. The topological polar surface area (TPSA) is 47.8 Å². The van der Waals surface area contributed by atoms with Crippen molar-refractivity contribution in [2.24, 2.45) is 0 Å². The average Bonchev–Trinajstić information content (AvgIpc) is 3.22. The highest BCUT2D eigenvalue weighted by atomic mass is 32.2. The van der Waals surface area contributed by atoms with Gasteiger partial charge in [-0.1, -0.05) is 73.3 Å². The number of nitrogens with zero attached hydrogens (tertiary/aromatic N) is 3. The molecule has 1 heterocycles. The summed E-state index contributed by atoms with van der Waals surface area (Å²) in [5, 5.41) is 9.24. The first-order valence-corrected chi connectivity index (χ1v) is 10.7. The second kappa shape index (κ2) is 9.05. The molecule has 0 bridgehead atoms. The fraction of sp³-hybridized carbons (Fsp3) is 0.125. The molecule has 0 spiro atoms. The Balaban J connectivity index is 1.63. The van der Waals surface area contributed by atoms with E-state index in [9.17, 15) is 9.18 Å². The first-order chi connectivity index (χ1) is 14.7. The number of Topliss-reactive ketones (excluding diaryl/α,β-unsaturated/α-hetero) is 1. The van der Waals surface area contributed by atoms with Gasteiger partial charge in [-0.3, -0.25) is 9.36 Å². The van der Waals surface area contributed by atoms with Crippen LogP contribution in [0.2, 0.25) is 0 Å². The minimum Gasteiger partial charge on any atom is -0.293 e. The normalized spacial score (nSPS) is 10.9. The lowest BCUT2D eigenvalue weighted by Crippen LogP contribution is -2.05. The quantitative estimate of drug-likeness (QED) is 0.290. The van der Waals surface area contributed by atoms with Crippen LogP contribution in [0, 0.1) is 5.82 Å². The molecule has 0 unspecified atom stereocenters. The zero-order valence-electron chi connectivity index (χ0n) is 16.5. The molecule has 0 atom stereocenters. The Bertz CT molecular complexity index is 1140. The highest BCUT2D eigenvalue weighted by molar-refractivity contribution is 7.99. The van der Waals surface area contributed by atoms with Crippen LogP contribution in [-0.4, -0.2) is 26.3 Å². The molecule has 0 aliphatic rings. The predicted molar refractivity (Wildman–Crippen MR) is 118 cm³/mol. The maximum atomic E-state index is 13.5. The number of halogens is 1. The van der Waals surface area contributed by atoms with E-state index < -0.39 is 0 Å². The van der Waals surface area contributed by atoms with Crippen molar-refractivity contribution >= 4 is 17.5 Å². The van der Waals surface area contributed by atoms with Crippen molar-refractivity contribution in [3.05, 3.63) is 95.8 Å². The molecule has 4 nitrogen and oxygen atoms in total. The smallest absolute Gasteiger partial charge is 0.196 e. The second-order valence-corrected chi connectivity index (χ2v) is 7.69. The van der Waals surface area contributed by atoms with Gasteiger partial charge in [0.1, 0.15) is 5.82 Å². The number of carbonyl (C=O) groups is 1. The van der Waals surface area contributed by atoms with Gasteiger partial charge in [0.2, 0.25) is 0 Å². The third-order valence-corrected chi connectivity index (χ3v) is 5.70. The third kappa shape index (κ3) is 4.33. The van der Waals surface area contributed by atoms with Crippen LogP contribution in [0.5, 0.6) is 0 Å². The summed E-state index contributed by atoms with van der Waals surface area (Å²) in [4.78, 5) is 12.7. The Morgan fingerprint density at radius 3 is 2.30 bits per heavy atom. The van der Waals surface area contributed by atoms with E-state index in [-0.39, 0.29) is 17.4 Å². The highest BCUT2D eigenvalue weighted by Gasteiger charge is 2.17. The van der Waals surface area contributed by atoms with E-state index in [2.05, 4.69) is 17.1 Å². The predicted octanol–water partition coefficient (Wildman–Crippen LogP) is 5.61. The molecular weight excluding hydrogens is 397 g/mol. The summed E-state index contributed by atoms with van der Waals surface area (Å²) in [5.74, 6) is 0.592. The van der Waals surface area contributed by atoms with Crippen LogP contribution < -0.4 is 0 Å². The summed E-state index contributed by atoms with van der Waals surface area (Å²) in [6, 6.07) is 23.5. The fourth-order valence-corrected chi connectivity index (χ4v) is 3.95. The lowest BCUT2D eigenvalue weighted by molar-refractivity contribution is 0.102. The van der Waals surface area contributed by atoms with E-state index >= 15 is 0 Å². The fourth-order valence-electron chi connectivity index (χ4n) is 3.10. The molecule has 0 amide bonds. The van der Waals surface area contributed by atoms with Crippen molar-refractivity contribution < 1.29 is 9.18 Å². The van der Waals surface area contributed by atoms with E-state index in [4.69, 9.17) is 0 Å². The van der Waals surface area contributed by atoms with Gasteiger partial charge in [-0.15, -0.1) is 10.2 Å². The van der Waals surface area contributed by atoms with E-state index in [1.165, 1.54) is 29.5 Å². The van der Waals surface area contributed by atoms with Crippen LogP contribution in [0.25, 0.3) is 17.1 Å². The van der Waals surface area contributed by atoms with Crippen LogP contribution in [0.15, 0.2) is 84.0 Å².